The smallest absolute Gasteiger partial charge is 0.257 e. The summed E-state index contributed by atoms with van der Waals surface area (Å²) in [6.45, 7) is 2.59. The predicted molar refractivity (Wildman–Crippen MR) is 112 cm³/mol. The number of likely N-dealkylation sites (tertiary alicyclic amines) is 1. The molecule has 3 fully saturated rings. The molecule has 3 aliphatic rings. The molecule has 7 nitrogen and oxygen atoms in total. The predicted octanol–water partition coefficient (Wildman–Crippen LogP) is 2.06. The lowest BCUT2D eigenvalue weighted by Gasteiger charge is -2.25. The summed E-state index contributed by atoms with van der Waals surface area (Å²) in [7, 11) is 0. The van der Waals surface area contributed by atoms with E-state index in [2.05, 4.69) is 0 Å². The van der Waals surface area contributed by atoms with Gasteiger partial charge in [-0.05, 0) is 43.7 Å². The Morgan fingerprint density at radius 2 is 1.84 bits per heavy atom. The lowest BCUT2D eigenvalue weighted by Crippen LogP contribution is -2.40. The average molecular weight is 449 g/mol. The molecule has 4 rings (SSSR count). The summed E-state index contributed by atoms with van der Waals surface area (Å²) in [5, 5.41) is 0. The van der Waals surface area contributed by atoms with Crippen molar-refractivity contribution in [2.24, 2.45) is 5.92 Å². The molecule has 1 aromatic carbocycles. The number of rotatable bonds is 8. The molecular weight excluding hydrogens is 420 g/mol. The topological polar surface area (TPSA) is 70.2 Å². The van der Waals surface area contributed by atoms with Gasteiger partial charge in [0.05, 0.1) is 11.7 Å². The van der Waals surface area contributed by atoms with Crippen LogP contribution in [0.5, 0.6) is 0 Å². The minimum absolute atomic E-state index is 0.133. The zero-order chi connectivity index (χ0) is 22.7. The fourth-order valence-electron chi connectivity index (χ4n) is 4.24. The number of ether oxygens (including phenoxy) is 1. The van der Waals surface area contributed by atoms with Crippen molar-refractivity contribution in [2.45, 2.75) is 38.2 Å². The van der Waals surface area contributed by atoms with E-state index in [1.807, 2.05) is 4.90 Å². The van der Waals surface area contributed by atoms with Crippen LogP contribution in [0.4, 0.5) is 8.78 Å². The van der Waals surface area contributed by atoms with E-state index in [-0.39, 0.29) is 30.5 Å². The monoisotopic (exact) mass is 449 g/mol. The summed E-state index contributed by atoms with van der Waals surface area (Å²) in [6, 6.07) is 3.45. The van der Waals surface area contributed by atoms with Crippen molar-refractivity contribution in [1.29, 1.82) is 0 Å². The Kier molecular flexibility index (Phi) is 7.03. The van der Waals surface area contributed by atoms with Crippen LogP contribution in [0.1, 0.15) is 42.5 Å². The highest BCUT2D eigenvalue weighted by Gasteiger charge is 2.34. The molecule has 1 aliphatic carbocycles. The molecule has 9 heteroatoms. The highest BCUT2D eigenvalue weighted by Crippen LogP contribution is 2.29. The molecule has 0 bridgehead atoms. The maximum Gasteiger partial charge on any atom is 0.257 e. The van der Waals surface area contributed by atoms with Gasteiger partial charge in [-0.15, -0.1) is 0 Å². The van der Waals surface area contributed by atoms with Gasteiger partial charge in [0, 0.05) is 45.8 Å². The highest BCUT2D eigenvalue weighted by atomic mass is 19.2. The van der Waals surface area contributed by atoms with Gasteiger partial charge in [0.1, 0.15) is 6.54 Å². The molecule has 0 aromatic heterocycles. The highest BCUT2D eigenvalue weighted by molar-refractivity contribution is 5.97. The molecule has 1 aromatic rings. The average Bonchev–Trinajstić information content (AvgIpc) is 3.54. The van der Waals surface area contributed by atoms with Crippen molar-refractivity contribution in [3.63, 3.8) is 0 Å². The van der Waals surface area contributed by atoms with Crippen molar-refractivity contribution < 1.29 is 27.9 Å². The van der Waals surface area contributed by atoms with Crippen molar-refractivity contribution >= 4 is 17.7 Å². The quantitative estimate of drug-likeness (QED) is 0.609. The van der Waals surface area contributed by atoms with Gasteiger partial charge in [-0.25, -0.2) is 8.78 Å². The van der Waals surface area contributed by atoms with Crippen molar-refractivity contribution in [1.82, 2.24) is 14.7 Å². The van der Waals surface area contributed by atoms with Gasteiger partial charge in [0.25, 0.3) is 5.91 Å². The molecule has 3 amide bonds. The van der Waals surface area contributed by atoms with E-state index in [4.69, 9.17) is 4.74 Å². The van der Waals surface area contributed by atoms with E-state index in [1.54, 1.807) is 4.90 Å². The van der Waals surface area contributed by atoms with E-state index in [0.29, 0.717) is 45.0 Å². The van der Waals surface area contributed by atoms with E-state index in [1.165, 1.54) is 17.0 Å². The molecule has 0 spiro atoms. The molecule has 1 atom stereocenters. The number of amides is 3. The van der Waals surface area contributed by atoms with Gasteiger partial charge >= 0.3 is 0 Å². The Morgan fingerprint density at radius 1 is 1.06 bits per heavy atom. The van der Waals surface area contributed by atoms with Crippen LogP contribution in [-0.2, 0) is 14.3 Å². The maximum absolute atomic E-state index is 14.2. The molecule has 1 saturated carbocycles. The second-order valence-electron chi connectivity index (χ2n) is 8.86. The fraction of sp³-hybridized carbons (Fsp3) is 0.609. The van der Waals surface area contributed by atoms with Gasteiger partial charge in [0.15, 0.2) is 11.6 Å². The van der Waals surface area contributed by atoms with Crippen LogP contribution in [0.15, 0.2) is 18.2 Å². The second kappa shape index (κ2) is 9.94. The molecule has 2 saturated heterocycles. The van der Waals surface area contributed by atoms with Crippen LogP contribution < -0.4 is 0 Å². The van der Waals surface area contributed by atoms with Crippen molar-refractivity contribution in [3.05, 3.63) is 35.4 Å². The van der Waals surface area contributed by atoms with Crippen molar-refractivity contribution in [2.75, 3.05) is 45.9 Å². The second-order valence-corrected chi connectivity index (χ2v) is 8.86. The van der Waals surface area contributed by atoms with Gasteiger partial charge in [-0.1, -0.05) is 6.07 Å². The Labute approximate surface area is 186 Å². The Morgan fingerprint density at radius 3 is 2.56 bits per heavy atom. The van der Waals surface area contributed by atoms with Gasteiger partial charge in [-0.2, -0.15) is 0 Å². The normalized spacial score (nSPS) is 21.9. The number of hydrogen-bond acceptors (Lipinski definition) is 4. The summed E-state index contributed by atoms with van der Waals surface area (Å²) >= 11 is 0. The van der Waals surface area contributed by atoms with Crippen LogP contribution in [0.2, 0.25) is 0 Å². The summed E-state index contributed by atoms with van der Waals surface area (Å²) in [5.41, 5.74) is -0.389. The first-order chi connectivity index (χ1) is 15.4. The lowest BCUT2D eigenvalue weighted by molar-refractivity contribution is -0.131. The minimum Gasteiger partial charge on any atom is -0.374 e. The SMILES string of the molecule is O=C1CCCN1CCCN1CC(OCC2CC2)CN(C(=O)c2cccc(F)c2F)CC1=O. The Bertz CT molecular complexity index is 877. The van der Waals surface area contributed by atoms with Crippen LogP contribution >= 0.6 is 0 Å². The molecular formula is C23H29F2N3O4. The summed E-state index contributed by atoms with van der Waals surface area (Å²) in [5.74, 6) is -2.64. The van der Waals surface area contributed by atoms with E-state index in [9.17, 15) is 23.2 Å². The Balaban J connectivity index is 1.43. The van der Waals surface area contributed by atoms with E-state index >= 15 is 0 Å². The third-order valence-electron chi connectivity index (χ3n) is 6.29. The molecule has 32 heavy (non-hydrogen) atoms. The number of benzene rings is 1. The van der Waals surface area contributed by atoms with E-state index < -0.39 is 23.6 Å². The molecule has 2 heterocycles. The number of carbonyl (C=O) groups is 3. The summed E-state index contributed by atoms with van der Waals surface area (Å²) in [4.78, 5) is 42.4. The first-order valence-corrected chi connectivity index (χ1v) is 11.3. The Hall–Kier alpha value is -2.55. The van der Waals surface area contributed by atoms with Gasteiger partial charge in [-0.3, -0.25) is 14.4 Å². The first-order valence-electron chi connectivity index (χ1n) is 11.3. The van der Waals surface area contributed by atoms with Crippen LogP contribution in [0, 0.1) is 17.6 Å². The number of nitrogens with zero attached hydrogens (tertiary/aromatic N) is 3. The molecule has 0 N–H and O–H groups in total. The van der Waals surface area contributed by atoms with Gasteiger partial charge in [0.2, 0.25) is 11.8 Å². The third-order valence-corrected chi connectivity index (χ3v) is 6.29. The van der Waals surface area contributed by atoms with Crippen molar-refractivity contribution in [3.8, 4) is 0 Å². The molecule has 1 unspecified atom stereocenters. The zero-order valence-electron chi connectivity index (χ0n) is 18.1. The zero-order valence-corrected chi connectivity index (χ0v) is 18.1. The number of carbonyl (C=O) groups excluding carboxylic acids is 3. The largest absolute Gasteiger partial charge is 0.374 e. The fourth-order valence-corrected chi connectivity index (χ4v) is 4.24. The van der Waals surface area contributed by atoms with E-state index in [0.717, 1.165) is 31.9 Å². The first kappa shape index (κ1) is 22.6. The van der Waals surface area contributed by atoms with Gasteiger partial charge < -0.3 is 19.4 Å². The van der Waals surface area contributed by atoms with Crippen LogP contribution in [0.3, 0.4) is 0 Å². The summed E-state index contributed by atoms with van der Waals surface area (Å²) in [6.07, 6.45) is 3.89. The maximum atomic E-state index is 14.2. The minimum atomic E-state index is -1.21. The summed E-state index contributed by atoms with van der Waals surface area (Å²) < 4.78 is 33.9. The number of hydrogen-bond donors (Lipinski definition) is 0. The van der Waals surface area contributed by atoms with Crippen LogP contribution in [-0.4, -0.2) is 84.4 Å². The third kappa shape index (κ3) is 5.43. The molecule has 174 valence electrons. The molecule has 2 aliphatic heterocycles. The standard InChI is InChI=1S/C23H29F2N3O4/c24-19-5-1-4-18(22(19)25)23(31)28-13-17(32-15-16-7-8-16)12-27(21(30)14-28)11-3-10-26-9-2-6-20(26)29/h1,4-5,16-17H,2-3,6-15H2. The lowest BCUT2D eigenvalue weighted by atomic mass is 10.1. The van der Waals surface area contributed by atoms with Crippen LogP contribution in [0.25, 0.3) is 0 Å². The molecule has 0 radical (unpaired) electrons. The number of halogens is 2.